The van der Waals surface area contributed by atoms with Crippen molar-refractivity contribution in [3.63, 3.8) is 0 Å². The normalized spacial score (nSPS) is 12.1. The number of rotatable bonds is 14. The van der Waals surface area contributed by atoms with Gasteiger partial charge < -0.3 is 10.2 Å². The highest BCUT2D eigenvalue weighted by molar-refractivity contribution is 7.90. The number of para-hydroxylation sites is 1. The van der Waals surface area contributed by atoms with E-state index in [-0.39, 0.29) is 24.6 Å². The van der Waals surface area contributed by atoms with E-state index in [1.807, 2.05) is 37.3 Å². The van der Waals surface area contributed by atoms with Gasteiger partial charge in [0.2, 0.25) is 11.8 Å². The third-order valence-corrected chi connectivity index (χ3v) is 8.56. The van der Waals surface area contributed by atoms with E-state index in [1.54, 1.807) is 24.3 Å². The third kappa shape index (κ3) is 8.76. The standard InChI is InChI=1S/C30H36ClFN4O4S/c1-4-5-19-33-30(38)28(20-23-11-7-6-8-12-23)35(21-24-15-17-25(31)18-16-24)29(37)22-36(41(39,40)34(2)3)27-14-10-9-13-26(27)32/h6-18,28H,4-5,19-22H2,1-3H3,(H,33,38)/t28-/m0/s1. The van der Waals surface area contributed by atoms with E-state index in [9.17, 15) is 22.4 Å². The zero-order chi connectivity index (χ0) is 30.0. The molecule has 1 atom stereocenters. The van der Waals surface area contributed by atoms with Gasteiger partial charge in [-0.2, -0.15) is 12.7 Å². The molecular weight excluding hydrogens is 567 g/mol. The first kappa shape index (κ1) is 32.0. The summed E-state index contributed by atoms with van der Waals surface area (Å²) in [5, 5.41) is 3.43. The van der Waals surface area contributed by atoms with E-state index in [1.165, 1.54) is 37.2 Å². The quantitative estimate of drug-likeness (QED) is 0.272. The zero-order valence-corrected chi connectivity index (χ0v) is 25.0. The van der Waals surface area contributed by atoms with Crippen molar-refractivity contribution < 1.29 is 22.4 Å². The fraction of sp³-hybridized carbons (Fsp3) is 0.333. The summed E-state index contributed by atoms with van der Waals surface area (Å²) in [5.74, 6) is -1.83. The number of carbonyl (C=O) groups excluding carboxylic acids is 2. The van der Waals surface area contributed by atoms with Crippen LogP contribution < -0.4 is 9.62 Å². The first-order valence-electron chi connectivity index (χ1n) is 13.3. The van der Waals surface area contributed by atoms with Gasteiger partial charge in [0.05, 0.1) is 5.69 Å². The van der Waals surface area contributed by atoms with Crippen LogP contribution in [0.4, 0.5) is 10.1 Å². The number of benzene rings is 3. The first-order valence-corrected chi connectivity index (χ1v) is 15.1. The molecule has 1 N–H and O–H groups in total. The van der Waals surface area contributed by atoms with Gasteiger partial charge in [-0.15, -0.1) is 0 Å². The summed E-state index contributed by atoms with van der Waals surface area (Å²) in [6.45, 7) is 1.72. The molecule has 0 aliphatic carbocycles. The fourth-order valence-electron chi connectivity index (χ4n) is 4.20. The molecule has 220 valence electrons. The van der Waals surface area contributed by atoms with Crippen LogP contribution in [0.3, 0.4) is 0 Å². The molecule has 0 aliphatic heterocycles. The number of unbranched alkanes of at least 4 members (excludes halogenated alkanes) is 1. The lowest BCUT2D eigenvalue weighted by atomic mass is 10.0. The number of nitrogens with zero attached hydrogens (tertiary/aromatic N) is 3. The van der Waals surface area contributed by atoms with Crippen molar-refractivity contribution >= 4 is 39.3 Å². The minimum atomic E-state index is -4.28. The monoisotopic (exact) mass is 602 g/mol. The van der Waals surface area contributed by atoms with Crippen LogP contribution >= 0.6 is 11.6 Å². The minimum absolute atomic E-state index is 0.00181. The average Bonchev–Trinajstić information content (AvgIpc) is 2.95. The summed E-state index contributed by atoms with van der Waals surface area (Å²) >= 11 is 6.08. The Hall–Kier alpha value is -3.47. The highest BCUT2D eigenvalue weighted by Gasteiger charge is 2.35. The molecule has 0 heterocycles. The summed E-state index contributed by atoms with van der Waals surface area (Å²) < 4.78 is 43.2. The summed E-state index contributed by atoms with van der Waals surface area (Å²) in [6, 6.07) is 20.5. The van der Waals surface area contributed by atoms with Crippen LogP contribution in [0.2, 0.25) is 5.02 Å². The predicted octanol–water partition coefficient (Wildman–Crippen LogP) is 4.65. The maximum atomic E-state index is 14.9. The molecule has 41 heavy (non-hydrogen) atoms. The largest absolute Gasteiger partial charge is 0.354 e. The Labute approximate surface area is 246 Å². The van der Waals surface area contributed by atoms with E-state index in [0.717, 1.165) is 33.1 Å². The maximum Gasteiger partial charge on any atom is 0.304 e. The minimum Gasteiger partial charge on any atom is -0.354 e. The third-order valence-electron chi connectivity index (χ3n) is 6.51. The van der Waals surface area contributed by atoms with Crippen molar-refractivity contribution in [2.24, 2.45) is 0 Å². The molecule has 0 bridgehead atoms. The molecule has 11 heteroatoms. The molecule has 3 rings (SSSR count). The Morgan fingerprint density at radius 1 is 0.927 bits per heavy atom. The van der Waals surface area contributed by atoms with Gasteiger partial charge in [-0.25, -0.2) is 8.70 Å². The zero-order valence-electron chi connectivity index (χ0n) is 23.5. The molecule has 0 aromatic heterocycles. The van der Waals surface area contributed by atoms with Gasteiger partial charge >= 0.3 is 10.2 Å². The van der Waals surface area contributed by atoms with Gasteiger partial charge in [0.1, 0.15) is 18.4 Å². The van der Waals surface area contributed by atoms with Crippen LogP contribution in [0.1, 0.15) is 30.9 Å². The van der Waals surface area contributed by atoms with Crippen molar-refractivity contribution in [2.45, 2.75) is 38.8 Å². The molecule has 0 radical (unpaired) electrons. The summed E-state index contributed by atoms with van der Waals surface area (Å²) in [7, 11) is -1.67. The van der Waals surface area contributed by atoms with Crippen molar-refractivity contribution in [3.05, 3.63) is 101 Å². The Bertz CT molecular complexity index is 1410. The van der Waals surface area contributed by atoms with Gasteiger partial charge in [0.15, 0.2) is 0 Å². The Morgan fingerprint density at radius 2 is 1.56 bits per heavy atom. The molecule has 0 unspecified atom stereocenters. The molecule has 0 aliphatic rings. The highest BCUT2D eigenvalue weighted by Crippen LogP contribution is 2.24. The van der Waals surface area contributed by atoms with Crippen LogP contribution in [0.5, 0.6) is 0 Å². The Morgan fingerprint density at radius 3 is 2.17 bits per heavy atom. The van der Waals surface area contributed by atoms with Gasteiger partial charge in [0.25, 0.3) is 0 Å². The lowest BCUT2D eigenvalue weighted by Crippen LogP contribution is -2.54. The number of hydrogen-bond acceptors (Lipinski definition) is 4. The van der Waals surface area contributed by atoms with Gasteiger partial charge in [-0.1, -0.05) is 79.5 Å². The highest BCUT2D eigenvalue weighted by atomic mass is 35.5. The molecule has 0 saturated carbocycles. The number of carbonyl (C=O) groups is 2. The van der Waals surface area contributed by atoms with Crippen LogP contribution in [0, 0.1) is 5.82 Å². The molecule has 2 amide bonds. The Balaban J connectivity index is 2.08. The number of amides is 2. The van der Waals surface area contributed by atoms with Crippen LogP contribution in [-0.2, 0) is 32.8 Å². The van der Waals surface area contributed by atoms with Crippen LogP contribution in [0.15, 0.2) is 78.9 Å². The Kier molecular flexibility index (Phi) is 11.7. The topological polar surface area (TPSA) is 90.0 Å². The maximum absolute atomic E-state index is 14.9. The van der Waals surface area contributed by atoms with Gasteiger partial charge in [0, 0.05) is 38.6 Å². The summed E-state index contributed by atoms with van der Waals surface area (Å²) in [4.78, 5) is 29.1. The van der Waals surface area contributed by atoms with E-state index in [4.69, 9.17) is 11.6 Å². The van der Waals surface area contributed by atoms with Crippen molar-refractivity contribution in [1.82, 2.24) is 14.5 Å². The fourth-order valence-corrected chi connectivity index (χ4v) is 5.39. The summed E-state index contributed by atoms with van der Waals surface area (Å²) in [5.41, 5.74) is 1.24. The van der Waals surface area contributed by atoms with Crippen molar-refractivity contribution in [1.29, 1.82) is 0 Å². The van der Waals surface area contributed by atoms with Crippen LogP contribution in [0.25, 0.3) is 0 Å². The molecular formula is C30H36ClFN4O4S. The predicted molar refractivity (Wildman–Crippen MR) is 160 cm³/mol. The second-order valence-electron chi connectivity index (χ2n) is 9.75. The van der Waals surface area contributed by atoms with E-state index in [0.29, 0.717) is 17.1 Å². The number of nitrogens with one attached hydrogen (secondary N) is 1. The average molecular weight is 603 g/mol. The van der Waals surface area contributed by atoms with E-state index < -0.39 is 34.5 Å². The lowest BCUT2D eigenvalue weighted by Gasteiger charge is -2.34. The molecule has 0 saturated heterocycles. The van der Waals surface area contributed by atoms with Crippen LogP contribution in [-0.4, -0.2) is 62.7 Å². The van der Waals surface area contributed by atoms with Crippen molar-refractivity contribution in [2.75, 3.05) is 31.5 Å². The molecule has 8 nitrogen and oxygen atoms in total. The summed E-state index contributed by atoms with van der Waals surface area (Å²) in [6.07, 6.45) is 1.83. The number of anilines is 1. The lowest BCUT2D eigenvalue weighted by molar-refractivity contribution is -0.140. The van der Waals surface area contributed by atoms with E-state index in [2.05, 4.69) is 5.32 Å². The second kappa shape index (κ2) is 15.0. The van der Waals surface area contributed by atoms with Gasteiger partial charge in [-0.3, -0.25) is 9.59 Å². The first-order chi connectivity index (χ1) is 19.5. The molecule has 3 aromatic carbocycles. The van der Waals surface area contributed by atoms with Crippen molar-refractivity contribution in [3.8, 4) is 0 Å². The number of halogens is 2. The molecule has 0 fully saturated rings. The van der Waals surface area contributed by atoms with E-state index >= 15 is 0 Å². The van der Waals surface area contributed by atoms with Gasteiger partial charge in [-0.05, 0) is 41.8 Å². The smallest absolute Gasteiger partial charge is 0.304 e. The second-order valence-corrected chi connectivity index (χ2v) is 12.2. The SMILES string of the molecule is CCCCNC(=O)[C@H](Cc1ccccc1)N(Cc1ccc(Cl)cc1)C(=O)CN(c1ccccc1F)S(=O)(=O)N(C)C. The molecule has 3 aromatic rings. The molecule has 0 spiro atoms. The number of hydrogen-bond donors (Lipinski definition) is 1.